The van der Waals surface area contributed by atoms with E-state index in [4.69, 9.17) is 4.74 Å². The van der Waals surface area contributed by atoms with Crippen LogP contribution in [0.15, 0.2) is 77.7 Å². The van der Waals surface area contributed by atoms with Crippen LogP contribution in [0.5, 0.6) is 0 Å². The maximum Gasteiger partial charge on any atom is 0.251 e. The molecule has 0 aliphatic heterocycles. The van der Waals surface area contributed by atoms with Gasteiger partial charge in [-0.2, -0.15) is 0 Å². The maximum atomic E-state index is 13.5. The molecular formula is C23H21F2NO2. The van der Waals surface area contributed by atoms with E-state index >= 15 is 0 Å². The number of nitrogens with zero attached hydrogens (tertiary/aromatic N) is 1. The second-order valence-electron chi connectivity index (χ2n) is 7.19. The highest BCUT2D eigenvalue weighted by molar-refractivity contribution is 5.28. The molecule has 2 atom stereocenters. The minimum atomic E-state index is -0.508. The highest BCUT2D eigenvalue weighted by Gasteiger charge is 2.31. The van der Waals surface area contributed by atoms with Crippen LogP contribution >= 0.6 is 0 Å². The Balaban J connectivity index is 1.81. The van der Waals surface area contributed by atoms with Crippen molar-refractivity contribution in [1.82, 2.24) is 4.57 Å². The van der Waals surface area contributed by atoms with Gasteiger partial charge in [-0.05, 0) is 60.2 Å². The van der Waals surface area contributed by atoms with E-state index in [1.54, 1.807) is 47.2 Å². The number of pyridine rings is 1. The Kier molecular flexibility index (Phi) is 5.35. The predicted octanol–water partition coefficient (Wildman–Crippen LogP) is 4.88. The lowest BCUT2D eigenvalue weighted by Crippen LogP contribution is -2.30. The Bertz CT molecular complexity index is 978. The maximum absolute atomic E-state index is 13.5. The normalized spacial score (nSPS) is 15.9. The summed E-state index contributed by atoms with van der Waals surface area (Å²) in [6.07, 6.45) is 3.45. The molecule has 4 rings (SSSR count). The molecule has 1 aromatic heterocycles. The SMILES string of the molecule is O=c1ccccn1[C@@H](c1ccc(F)cc1)[C@@H](OCC1CC1)c1ccc(F)cc1. The first-order chi connectivity index (χ1) is 13.6. The molecule has 0 bridgehead atoms. The summed E-state index contributed by atoms with van der Waals surface area (Å²) in [5, 5.41) is 0. The lowest BCUT2D eigenvalue weighted by Gasteiger charge is -2.30. The molecule has 0 saturated heterocycles. The number of hydrogen-bond donors (Lipinski definition) is 0. The van der Waals surface area contributed by atoms with E-state index in [1.807, 2.05) is 0 Å². The van der Waals surface area contributed by atoms with Gasteiger partial charge in [-0.25, -0.2) is 8.78 Å². The number of rotatable bonds is 7. The van der Waals surface area contributed by atoms with Crippen molar-refractivity contribution in [3.8, 4) is 0 Å². The highest BCUT2D eigenvalue weighted by atomic mass is 19.1. The molecule has 3 nitrogen and oxygen atoms in total. The minimum Gasteiger partial charge on any atom is -0.371 e. The van der Waals surface area contributed by atoms with Gasteiger partial charge in [-0.1, -0.05) is 30.3 Å². The third-order valence-corrected chi connectivity index (χ3v) is 5.06. The average molecular weight is 381 g/mol. The van der Waals surface area contributed by atoms with Crippen molar-refractivity contribution in [2.45, 2.75) is 25.0 Å². The summed E-state index contributed by atoms with van der Waals surface area (Å²) in [5.74, 6) is -0.163. The van der Waals surface area contributed by atoms with Gasteiger partial charge in [-0.15, -0.1) is 0 Å². The number of ether oxygens (including phenoxy) is 1. The van der Waals surface area contributed by atoms with Gasteiger partial charge >= 0.3 is 0 Å². The lowest BCUT2D eigenvalue weighted by atomic mass is 9.95. The fourth-order valence-electron chi connectivity index (χ4n) is 3.36. The Labute approximate surface area is 162 Å². The van der Waals surface area contributed by atoms with Crippen LogP contribution in [0.3, 0.4) is 0 Å². The van der Waals surface area contributed by atoms with Crippen molar-refractivity contribution in [3.63, 3.8) is 0 Å². The van der Waals surface area contributed by atoms with E-state index in [0.29, 0.717) is 12.5 Å². The largest absolute Gasteiger partial charge is 0.371 e. The van der Waals surface area contributed by atoms with E-state index in [0.717, 1.165) is 24.0 Å². The van der Waals surface area contributed by atoms with Crippen molar-refractivity contribution < 1.29 is 13.5 Å². The smallest absolute Gasteiger partial charge is 0.251 e. The zero-order chi connectivity index (χ0) is 19.5. The van der Waals surface area contributed by atoms with Gasteiger partial charge in [0.05, 0.1) is 12.6 Å². The van der Waals surface area contributed by atoms with Gasteiger partial charge in [-0.3, -0.25) is 4.79 Å². The molecular weight excluding hydrogens is 360 g/mol. The number of benzene rings is 2. The van der Waals surface area contributed by atoms with Crippen LogP contribution < -0.4 is 5.56 Å². The molecule has 0 unspecified atom stereocenters. The number of halogens is 2. The lowest BCUT2D eigenvalue weighted by molar-refractivity contribution is 0.0182. The minimum absolute atomic E-state index is 0.182. The molecule has 1 fully saturated rings. The molecule has 3 aromatic rings. The zero-order valence-corrected chi connectivity index (χ0v) is 15.3. The van der Waals surface area contributed by atoms with E-state index in [2.05, 4.69) is 0 Å². The third kappa shape index (κ3) is 4.20. The van der Waals surface area contributed by atoms with Gasteiger partial charge in [0.15, 0.2) is 0 Å². The topological polar surface area (TPSA) is 31.2 Å². The molecule has 28 heavy (non-hydrogen) atoms. The van der Waals surface area contributed by atoms with Crippen LogP contribution in [-0.4, -0.2) is 11.2 Å². The Hall–Kier alpha value is -2.79. The first-order valence-corrected chi connectivity index (χ1v) is 9.41. The van der Waals surface area contributed by atoms with Crippen LogP contribution in [0.4, 0.5) is 8.78 Å². The van der Waals surface area contributed by atoms with E-state index in [9.17, 15) is 13.6 Å². The fraction of sp³-hybridized carbons (Fsp3) is 0.261. The average Bonchev–Trinajstić information content (AvgIpc) is 3.52. The van der Waals surface area contributed by atoms with Crippen LogP contribution in [0.1, 0.15) is 36.1 Å². The van der Waals surface area contributed by atoms with Gasteiger partial charge in [0.2, 0.25) is 0 Å². The van der Waals surface area contributed by atoms with Gasteiger partial charge < -0.3 is 9.30 Å². The quantitative estimate of drug-likeness (QED) is 0.584. The molecule has 1 aliphatic rings. The monoisotopic (exact) mass is 381 g/mol. The van der Waals surface area contributed by atoms with Crippen LogP contribution in [0.2, 0.25) is 0 Å². The molecule has 0 radical (unpaired) electrons. The van der Waals surface area contributed by atoms with Gasteiger partial charge in [0, 0.05) is 12.3 Å². The first-order valence-electron chi connectivity index (χ1n) is 9.41. The van der Waals surface area contributed by atoms with E-state index in [-0.39, 0.29) is 17.2 Å². The molecule has 1 heterocycles. The summed E-state index contributed by atoms with van der Waals surface area (Å²) in [6.45, 7) is 0.571. The molecule has 0 spiro atoms. The van der Waals surface area contributed by atoms with Crippen molar-refractivity contribution in [1.29, 1.82) is 0 Å². The third-order valence-electron chi connectivity index (χ3n) is 5.06. The van der Waals surface area contributed by atoms with Crippen LogP contribution in [0.25, 0.3) is 0 Å². The van der Waals surface area contributed by atoms with Crippen molar-refractivity contribution in [3.05, 3.63) is 106 Å². The summed E-state index contributed by atoms with van der Waals surface area (Å²) >= 11 is 0. The van der Waals surface area contributed by atoms with Gasteiger partial charge in [0.25, 0.3) is 5.56 Å². The second kappa shape index (κ2) is 8.07. The van der Waals surface area contributed by atoms with Crippen molar-refractivity contribution in [2.75, 3.05) is 6.61 Å². The van der Waals surface area contributed by atoms with Crippen LogP contribution in [-0.2, 0) is 4.74 Å². The molecule has 2 aromatic carbocycles. The predicted molar refractivity (Wildman–Crippen MR) is 103 cm³/mol. The molecule has 144 valence electrons. The number of hydrogen-bond acceptors (Lipinski definition) is 2. The first kappa shape index (κ1) is 18.6. The summed E-state index contributed by atoms with van der Waals surface area (Å²) in [7, 11) is 0. The standard InChI is InChI=1S/C23H21F2NO2/c24-19-10-6-17(7-11-19)22(26-14-2-1-3-21(26)27)23(28-15-16-4-5-16)18-8-12-20(25)13-9-18/h1-3,6-14,16,22-23H,4-5,15H2/t22-,23-/m0/s1. The molecule has 1 aliphatic carbocycles. The summed E-state index contributed by atoms with van der Waals surface area (Å²) < 4.78 is 34.9. The molecule has 1 saturated carbocycles. The van der Waals surface area contributed by atoms with Crippen LogP contribution in [0, 0.1) is 17.6 Å². The molecule has 5 heteroatoms. The van der Waals surface area contributed by atoms with E-state index in [1.165, 1.54) is 30.3 Å². The Morgan fingerprint density at radius 1 is 0.893 bits per heavy atom. The second-order valence-corrected chi connectivity index (χ2v) is 7.19. The summed E-state index contributed by atoms with van der Waals surface area (Å²) in [4.78, 5) is 12.6. The highest BCUT2D eigenvalue weighted by Crippen LogP contribution is 2.38. The summed E-state index contributed by atoms with van der Waals surface area (Å²) in [5.41, 5.74) is 1.34. The van der Waals surface area contributed by atoms with Crippen molar-refractivity contribution >= 4 is 0 Å². The van der Waals surface area contributed by atoms with Crippen molar-refractivity contribution in [2.24, 2.45) is 5.92 Å². The summed E-state index contributed by atoms with van der Waals surface area (Å²) in [6, 6.07) is 16.6. The van der Waals surface area contributed by atoms with E-state index < -0.39 is 12.1 Å². The van der Waals surface area contributed by atoms with Gasteiger partial charge in [0.1, 0.15) is 17.7 Å². The Morgan fingerprint density at radius 3 is 2.07 bits per heavy atom. The zero-order valence-electron chi connectivity index (χ0n) is 15.3. The fourth-order valence-corrected chi connectivity index (χ4v) is 3.36. The molecule has 0 amide bonds. The molecule has 0 N–H and O–H groups in total. The Morgan fingerprint density at radius 2 is 1.50 bits per heavy atom. The number of aromatic nitrogens is 1.